The van der Waals surface area contributed by atoms with Crippen LogP contribution in [0.4, 0.5) is 4.39 Å². The van der Waals surface area contributed by atoms with Gasteiger partial charge < -0.3 is 10.5 Å². The predicted octanol–water partition coefficient (Wildman–Crippen LogP) is 3.91. The van der Waals surface area contributed by atoms with E-state index in [9.17, 15) is 4.39 Å². The van der Waals surface area contributed by atoms with Crippen molar-refractivity contribution in [1.82, 2.24) is 0 Å². The molecular formula is C18H24FNO. The highest BCUT2D eigenvalue weighted by Crippen LogP contribution is 2.58. The van der Waals surface area contributed by atoms with Crippen LogP contribution in [0.3, 0.4) is 0 Å². The summed E-state index contributed by atoms with van der Waals surface area (Å²) in [5.74, 6) is 3.98. The Balaban J connectivity index is 1.60. The minimum Gasteiger partial charge on any atom is -0.494 e. The molecule has 4 fully saturated rings. The average molecular weight is 289 g/mol. The molecule has 0 saturated heterocycles. The monoisotopic (exact) mass is 289 g/mol. The third kappa shape index (κ3) is 2.17. The van der Waals surface area contributed by atoms with Crippen LogP contribution in [-0.2, 0) is 0 Å². The van der Waals surface area contributed by atoms with Crippen molar-refractivity contribution in [2.75, 3.05) is 7.11 Å². The number of methoxy groups -OCH3 is 1. The quantitative estimate of drug-likeness (QED) is 0.915. The third-order valence-corrected chi connectivity index (χ3v) is 6.28. The highest BCUT2D eigenvalue weighted by Gasteiger charge is 2.50. The van der Waals surface area contributed by atoms with Gasteiger partial charge in [-0.3, -0.25) is 0 Å². The molecule has 3 heteroatoms. The molecular weight excluding hydrogens is 265 g/mol. The van der Waals surface area contributed by atoms with Gasteiger partial charge in [0, 0.05) is 6.04 Å². The maximum Gasteiger partial charge on any atom is 0.165 e. The van der Waals surface area contributed by atoms with Crippen molar-refractivity contribution >= 4 is 0 Å². The number of halogens is 1. The first-order chi connectivity index (χ1) is 10.2. The summed E-state index contributed by atoms with van der Waals surface area (Å²) in [6.07, 6.45) is 6.86. The summed E-state index contributed by atoms with van der Waals surface area (Å²) in [7, 11) is 1.50. The lowest BCUT2D eigenvalue weighted by atomic mass is 9.50. The summed E-state index contributed by atoms with van der Waals surface area (Å²) >= 11 is 0. The van der Waals surface area contributed by atoms with E-state index in [1.165, 1.54) is 39.2 Å². The van der Waals surface area contributed by atoms with Gasteiger partial charge in [0.2, 0.25) is 0 Å². The van der Waals surface area contributed by atoms with Crippen molar-refractivity contribution in [3.8, 4) is 5.75 Å². The SMILES string of the molecule is COc1ccc(C(N)C2C3CC4CC(C3)CC2C4)cc1F. The van der Waals surface area contributed by atoms with Gasteiger partial charge in [0.05, 0.1) is 7.11 Å². The number of nitrogens with two attached hydrogens (primary N) is 1. The molecule has 2 N–H and O–H groups in total. The average Bonchev–Trinajstić information content (AvgIpc) is 2.45. The van der Waals surface area contributed by atoms with Crippen LogP contribution >= 0.6 is 0 Å². The van der Waals surface area contributed by atoms with Crippen LogP contribution in [0.1, 0.15) is 43.7 Å². The molecule has 0 radical (unpaired) electrons. The van der Waals surface area contributed by atoms with Crippen molar-refractivity contribution in [3.63, 3.8) is 0 Å². The molecule has 0 spiro atoms. The summed E-state index contributed by atoms with van der Waals surface area (Å²) < 4.78 is 19.0. The van der Waals surface area contributed by atoms with E-state index in [0.717, 1.165) is 29.2 Å². The van der Waals surface area contributed by atoms with E-state index in [2.05, 4.69) is 0 Å². The minimum absolute atomic E-state index is 0.0274. The van der Waals surface area contributed by atoms with E-state index in [0.29, 0.717) is 11.7 Å². The molecule has 0 aromatic heterocycles. The Kier molecular flexibility index (Phi) is 3.21. The molecule has 0 aliphatic heterocycles. The van der Waals surface area contributed by atoms with Crippen LogP contribution in [0.15, 0.2) is 18.2 Å². The van der Waals surface area contributed by atoms with Crippen LogP contribution in [0.25, 0.3) is 0 Å². The normalized spacial score (nSPS) is 38.5. The molecule has 114 valence electrons. The summed E-state index contributed by atoms with van der Waals surface area (Å²) in [6.45, 7) is 0. The van der Waals surface area contributed by atoms with Gasteiger partial charge in [0.15, 0.2) is 11.6 Å². The van der Waals surface area contributed by atoms with E-state index in [1.807, 2.05) is 6.07 Å². The Hall–Kier alpha value is -1.09. The Labute approximate surface area is 125 Å². The van der Waals surface area contributed by atoms with Crippen LogP contribution in [0, 0.1) is 35.4 Å². The Morgan fingerprint density at radius 1 is 1.10 bits per heavy atom. The Morgan fingerprint density at radius 2 is 1.71 bits per heavy atom. The third-order valence-electron chi connectivity index (χ3n) is 6.28. The first-order valence-corrected chi connectivity index (χ1v) is 8.24. The second-order valence-electron chi connectivity index (χ2n) is 7.43. The molecule has 21 heavy (non-hydrogen) atoms. The van der Waals surface area contributed by atoms with Crippen molar-refractivity contribution in [3.05, 3.63) is 29.6 Å². The highest BCUT2D eigenvalue weighted by molar-refractivity contribution is 5.31. The lowest BCUT2D eigenvalue weighted by molar-refractivity contribution is -0.0472. The molecule has 1 aromatic rings. The molecule has 5 rings (SSSR count). The van der Waals surface area contributed by atoms with E-state index < -0.39 is 0 Å². The van der Waals surface area contributed by atoms with Crippen LogP contribution in [0.5, 0.6) is 5.75 Å². The zero-order chi connectivity index (χ0) is 14.6. The maximum absolute atomic E-state index is 14.0. The van der Waals surface area contributed by atoms with E-state index >= 15 is 0 Å². The predicted molar refractivity (Wildman–Crippen MR) is 80.4 cm³/mol. The maximum atomic E-state index is 14.0. The number of ether oxygens (including phenoxy) is 1. The molecule has 0 heterocycles. The van der Waals surface area contributed by atoms with Gasteiger partial charge in [-0.1, -0.05) is 6.07 Å². The summed E-state index contributed by atoms with van der Waals surface area (Å²) in [6, 6.07) is 5.20. The zero-order valence-electron chi connectivity index (χ0n) is 12.6. The van der Waals surface area contributed by atoms with Gasteiger partial charge in [0.25, 0.3) is 0 Å². The summed E-state index contributed by atoms with van der Waals surface area (Å²) in [5, 5.41) is 0. The number of hydrogen-bond donors (Lipinski definition) is 1. The van der Waals surface area contributed by atoms with Gasteiger partial charge >= 0.3 is 0 Å². The fraction of sp³-hybridized carbons (Fsp3) is 0.667. The van der Waals surface area contributed by atoms with Crippen LogP contribution < -0.4 is 10.5 Å². The zero-order valence-corrected chi connectivity index (χ0v) is 12.6. The first-order valence-electron chi connectivity index (χ1n) is 8.24. The van der Waals surface area contributed by atoms with Crippen molar-refractivity contribution in [2.45, 2.75) is 38.1 Å². The fourth-order valence-electron chi connectivity index (χ4n) is 5.67. The highest BCUT2D eigenvalue weighted by atomic mass is 19.1. The van der Waals surface area contributed by atoms with Crippen molar-refractivity contribution < 1.29 is 9.13 Å². The largest absolute Gasteiger partial charge is 0.494 e. The van der Waals surface area contributed by atoms with Gasteiger partial charge in [-0.2, -0.15) is 0 Å². The number of rotatable bonds is 3. The summed E-state index contributed by atoms with van der Waals surface area (Å²) in [5.41, 5.74) is 7.51. The first kappa shape index (κ1) is 13.6. The molecule has 4 aliphatic carbocycles. The van der Waals surface area contributed by atoms with Gasteiger partial charge in [-0.05, 0) is 79.4 Å². The topological polar surface area (TPSA) is 35.2 Å². The molecule has 4 saturated carbocycles. The molecule has 4 aliphatic rings. The van der Waals surface area contributed by atoms with Crippen LogP contribution in [-0.4, -0.2) is 7.11 Å². The smallest absolute Gasteiger partial charge is 0.165 e. The lowest BCUT2D eigenvalue weighted by Gasteiger charge is -2.56. The molecule has 2 nitrogen and oxygen atoms in total. The van der Waals surface area contributed by atoms with Gasteiger partial charge in [-0.15, -0.1) is 0 Å². The summed E-state index contributed by atoms with van der Waals surface area (Å²) in [4.78, 5) is 0. The Morgan fingerprint density at radius 3 is 2.24 bits per heavy atom. The van der Waals surface area contributed by atoms with E-state index in [1.54, 1.807) is 12.1 Å². The standard InChI is InChI=1S/C18H24FNO/c1-21-16-3-2-12(9-15(16)19)18(20)17-13-5-10-4-11(7-13)8-14(17)6-10/h2-3,9-11,13-14,17-18H,4-8,20H2,1H3. The molecule has 1 unspecified atom stereocenters. The molecule has 0 amide bonds. The lowest BCUT2D eigenvalue weighted by Crippen LogP contribution is -2.48. The number of hydrogen-bond acceptors (Lipinski definition) is 2. The van der Waals surface area contributed by atoms with Gasteiger partial charge in [-0.25, -0.2) is 4.39 Å². The van der Waals surface area contributed by atoms with Crippen molar-refractivity contribution in [2.24, 2.45) is 35.3 Å². The second-order valence-corrected chi connectivity index (χ2v) is 7.43. The van der Waals surface area contributed by atoms with Gasteiger partial charge in [0.1, 0.15) is 0 Å². The van der Waals surface area contributed by atoms with E-state index in [4.69, 9.17) is 10.5 Å². The second kappa shape index (κ2) is 4.98. The molecule has 1 aromatic carbocycles. The van der Waals surface area contributed by atoms with Crippen LogP contribution in [0.2, 0.25) is 0 Å². The van der Waals surface area contributed by atoms with Crippen molar-refractivity contribution in [1.29, 1.82) is 0 Å². The minimum atomic E-state index is -0.297. The number of benzene rings is 1. The molecule has 1 atom stereocenters. The fourth-order valence-corrected chi connectivity index (χ4v) is 5.67. The molecule has 4 bridgehead atoms. The Bertz CT molecular complexity index is 516. The van der Waals surface area contributed by atoms with E-state index in [-0.39, 0.29) is 11.9 Å².